The van der Waals surface area contributed by atoms with E-state index in [1.165, 1.54) is 0 Å². The fourth-order valence-corrected chi connectivity index (χ4v) is 2.62. The van der Waals surface area contributed by atoms with Crippen LogP contribution in [-0.4, -0.2) is 46.0 Å². The zero-order valence-electron chi connectivity index (χ0n) is 11.6. The van der Waals surface area contributed by atoms with Crippen LogP contribution in [0.3, 0.4) is 0 Å². The van der Waals surface area contributed by atoms with E-state index in [0.29, 0.717) is 13.0 Å². The van der Waals surface area contributed by atoms with E-state index < -0.39 is 24.1 Å². The molecule has 0 aliphatic carbocycles. The van der Waals surface area contributed by atoms with Crippen molar-refractivity contribution >= 4 is 0 Å². The maximum absolute atomic E-state index is 10.4. The molecule has 0 saturated carbocycles. The summed E-state index contributed by atoms with van der Waals surface area (Å²) in [5.74, 6) is 0. The Kier molecular flexibility index (Phi) is 5.12. The molecule has 0 aromatic heterocycles. The molecule has 4 atom stereocenters. The standard InChI is InChI=1S/C15H22O5/c1-2-15(19-10-11-6-4-3-5-7-11)8-13(17)20-12(9-16)14(15)18/h3-7,12-14,16-18H,2,8-10H2,1H3. The van der Waals surface area contributed by atoms with Crippen molar-refractivity contribution in [1.29, 1.82) is 0 Å². The van der Waals surface area contributed by atoms with E-state index in [2.05, 4.69) is 0 Å². The molecular formula is C15H22O5. The zero-order chi connectivity index (χ0) is 14.6. The molecule has 5 heteroatoms. The maximum Gasteiger partial charge on any atom is 0.158 e. The molecule has 0 amide bonds. The lowest BCUT2D eigenvalue weighted by Gasteiger charge is -2.46. The Morgan fingerprint density at radius 3 is 2.60 bits per heavy atom. The summed E-state index contributed by atoms with van der Waals surface area (Å²) in [6.45, 7) is 1.88. The molecule has 1 aliphatic rings. The summed E-state index contributed by atoms with van der Waals surface area (Å²) in [6, 6.07) is 9.64. The van der Waals surface area contributed by atoms with E-state index >= 15 is 0 Å². The molecule has 3 N–H and O–H groups in total. The number of aliphatic hydroxyl groups is 3. The van der Waals surface area contributed by atoms with Gasteiger partial charge in [0.25, 0.3) is 0 Å². The first kappa shape index (κ1) is 15.4. The molecule has 0 bridgehead atoms. The van der Waals surface area contributed by atoms with Gasteiger partial charge in [0.2, 0.25) is 0 Å². The lowest BCUT2D eigenvalue weighted by atomic mass is 9.84. The highest BCUT2D eigenvalue weighted by molar-refractivity contribution is 5.13. The highest BCUT2D eigenvalue weighted by Gasteiger charge is 2.48. The van der Waals surface area contributed by atoms with Crippen LogP contribution >= 0.6 is 0 Å². The first-order valence-electron chi connectivity index (χ1n) is 6.91. The normalized spacial score (nSPS) is 34.1. The molecule has 1 heterocycles. The minimum Gasteiger partial charge on any atom is -0.394 e. The van der Waals surface area contributed by atoms with Gasteiger partial charge in [-0.1, -0.05) is 37.3 Å². The van der Waals surface area contributed by atoms with E-state index in [1.54, 1.807) is 0 Å². The SMILES string of the molecule is CCC1(OCc2ccccc2)CC(O)OC(CO)C1O. The minimum atomic E-state index is -1.04. The molecule has 1 aromatic rings. The van der Waals surface area contributed by atoms with Gasteiger partial charge in [0.1, 0.15) is 17.8 Å². The first-order chi connectivity index (χ1) is 9.61. The molecule has 1 aliphatic heterocycles. The summed E-state index contributed by atoms with van der Waals surface area (Å²) in [5, 5.41) is 29.4. The summed E-state index contributed by atoms with van der Waals surface area (Å²) in [7, 11) is 0. The number of rotatable bonds is 5. The van der Waals surface area contributed by atoms with Gasteiger partial charge in [0.05, 0.1) is 13.2 Å². The molecule has 1 fully saturated rings. The Bertz CT molecular complexity index is 410. The summed E-state index contributed by atoms with van der Waals surface area (Å²) in [4.78, 5) is 0. The van der Waals surface area contributed by atoms with Crippen LogP contribution in [0.25, 0.3) is 0 Å². The van der Waals surface area contributed by atoms with Crippen LogP contribution < -0.4 is 0 Å². The molecule has 112 valence electrons. The number of hydrogen-bond acceptors (Lipinski definition) is 5. The third-order valence-electron chi connectivity index (χ3n) is 3.89. The van der Waals surface area contributed by atoms with E-state index in [1.807, 2.05) is 37.3 Å². The average molecular weight is 282 g/mol. The number of ether oxygens (including phenoxy) is 2. The van der Waals surface area contributed by atoms with Crippen LogP contribution in [0.2, 0.25) is 0 Å². The highest BCUT2D eigenvalue weighted by atomic mass is 16.6. The Hall–Kier alpha value is -0.980. The van der Waals surface area contributed by atoms with Crippen molar-refractivity contribution in [2.24, 2.45) is 0 Å². The largest absolute Gasteiger partial charge is 0.394 e. The van der Waals surface area contributed by atoms with Gasteiger partial charge in [0, 0.05) is 6.42 Å². The number of benzene rings is 1. The molecular weight excluding hydrogens is 260 g/mol. The van der Waals surface area contributed by atoms with E-state index in [-0.39, 0.29) is 13.0 Å². The van der Waals surface area contributed by atoms with Crippen molar-refractivity contribution in [3.63, 3.8) is 0 Å². The molecule has 1 saturated heterocycles. The topological polar surface area (TPSA) is 79.2 Å². The lowest BCUT2D eigenvalue weighted by Crippen LogP contribution is -2.59. The molecule has 0 radical (unpaired) electrons. The Labute approximate surface area is 118 Å². The number of hydrogen-bond donors (Lipinski definition) is 3. The van der Waals surface area contributed by atoms with Crippen LogP contribution in [0.4, 0.5) is 0 Å². The smallest absolute Gasteiger partial charge is 0.158 e. The van der Waals surface area contributed by atoms with Gasteiger partial charge in [-0.05, 0) is 12.0 Å². The zero-order valence-corrected chi connectivity index (χ0v) is 11.6. The van der Waals surface area contributed by atoms with E-state index in [0.717, 1.165) is 5.56 Å². The van der Waals surface area contributed by atoms with Gasteiger partial charge in [-0.25, -0.2) is 0 Å². The second-order valence-electron chi connectivity index (χ2n) is 5.15. The summed E-state index contributed by atoms with van der Waals surface area (Å²) in [6.07, 6.45) is -2.11. The van der Waals surface area contributed by atoms with Gasteiger partial charge in [-0.3, -0.25) is 0 Å². The molecule has 1 aromatic carbocycles. The highest BCUT2D eigenvalue weighted by Crippen LogP contribution is 2.35. The molecule has 4 unspecified atom stereocenters. The Morgan fingerprint density at radius 2 is 2.00 bits per heavy atom. The van der Waals surface area contributed by atoms with Crippen molar-refractivity contribution in [2.45, 2.75) is 50.5 Å². The van der Waals surface area contributed by atoms with Crippen LogP contribution in [0.15, 0.2) is 30.3 Å². The Balaban J connectivity index is 2.10. The number of aliphatic hydroxyl groups excluding tert-OH is 3. The van der Waals surface area contributed by atoms with Crippen molar-refractivity contribution in [3.05, 3.63) is 35.9 Å². The van der Waals surface area contributed by atoms with Crippen LogP contribution in [0.5, 0.6) is 0 Å². The summed E-state index contributed by atoms with van der Waals surface area (Å²) in [5.41, 5.74) is 0.0926. The first-order valence-corrected chi connectivity index (χ1v) is 6.91. The van der Waals surface area contributed by atoms with Gasteiger partial charge in [-0.2, -0.15) is 0 Å². The molecule has 5 nitrogen and oxygen atoms in total. The third kappa shape index (κ3) is 3.19. The van der Waals surface area contributed by atoms with Crippen molar-refractivity contribution in [3.8, 4) is 0 Å². The molecule has 0 spiro atoms. The third-order valence-corrected chi connectivity index (χ3v) is 3.89. The molecule has 2 rings (SSSR count). The fourth-order valence-electron chi connectivity index (χ4n) is 2.62. The van der Waals surface area contributed by atoms with E-state index in [9.17, 15) is 15.3 Å². The van der Waals surface area contributed by atoms with Gasteiger partial charge in [-0.15, -0.1) is 0 Å². The monoisotopic (exact) mass is 282 g/mol. The minimum absolute atomic E-state index is 0.188. The van der Waals surface area contributed by atoms with Gasteiger partial charge < -0.3 is 24.8 Å². The predicted octanol–water partition coefficient (Wildman–Crippen LogP) is 0.812. The van der Waals surface area contributed by atoms with Crippen LogP contribution in [0, 0.1) is 0 Å². The van der Waals surface area contributed by atoms with Gasteiger partial charge in [0.15, 0.2) is 6.29 Å². The fraction of sp³-hybridized carbons (Fsp3) is 0.600. The second-order valence-corrected chi connectivity index (χ2v) is 5.15. The summed E-state index contributed by atoms with van der Waals surface area (Å²) >= 11 is 0. The predicted molar refractivity (Wildman–Crippen MR) is 72.8 cm³/mol. The summed E-state index contributed by atoms with van der Waals surface area (Å²) < 4.78 is 11.1. The second kappa shape index (κ2) is 6.65. The van der Waals surface area contributed by atoms with Crippen molar-refractivity contribution in [2.75, 3.05) is 6.61 Å². The maximum atomic E-state index is 10.4. The van der Waals surface area contributed by atoms with Crippen molar-refractivity contribution < 1.29 is 24.8 Å². The lowest BCUT2D eigenvalue weighted by molar-refractivity contribution is -0.287. The average Bonchev–Trinajstić information content (AvgIpc) is 2.49. The Morgan fingerprint density at radius 1 is 1.30 bits per heavy atom. The van der Waals surface area contributed by atoms with Crippen LogP contribution in [0.1, 0.15) is 25.3 Å². The van der Waals surface area contributed by atoms with Crippen molar-refractivity contribution in [1.82, 2.24) is 0 Å². The molecule has 20 heavy (non-hydrogen) atoms. The quantitative estimate of drug-likeness (QED) is 0.745. The van der Waals surface area contributed by atoms with Gasteiger partial charge >= 0.3 is 0 Å². The van der Waals surface area contributed by atoms with Crippen LogP contribution in [-0.2, 0) is 16.1 Å². The van der Waals surface area contributed by atoms with E-state index in [4.69, 9.17) is 9.47 Å².